The van der Waals surface area contributed by atoms with Crippen LogP contribution in [0.5, 0.6) is 0 Å². The van der Waals surface area contributed by atoms with Gasteiger partial charge in [0.05, 0.1) is 12.5 Å². The summed E-state index contributed by atoms with van der Waals surface area (Å²) in [7, 11) is 0. The summed E-state index contributed by atoms with van der Waals surface area (Å²) >= 11 is 1.45. The number of carbonyl (C=O) groups excluding carboxylic acids is 1. The summed E-state index contributed by atoms with van der Waals surface area (Å²) in [6, 6.07) is 3.26. The van der Waals surface area contributed by atoms with Gasteiger partial charge in [0, 0.05) is 24.5 Å². The van der Waals surface area contributed by atoms with Crippen LogP contribution < -0.4 is 5.32 Å². The second kappa shape index (κ2) is 6.68. The zero-order valence-electron chi connectivity index (χ0n) is 10.5. The molecule has 0 saturated carbocycles. The van der Waals surface area contributed by atoms with Crippen LogP contribution in [0.2, 0.25) is 0 Å². The Morgan fingerprint density at radius 3 is 3.00 bits per heavy atom. The standard InChI is InChI=1S/C13H17NO4S/c15-12(6-9-3-4-18-8-9)14-10(7-13(16)17)11-2-1-5-19-11/h1-2,5,9-10H,3-4,6-8H2,(H,14,15)(H,16,17)/t9-,10+/m0/s1. The molecule has 2 rings (SSSR count). The highest BCUT2D eigenvalue weighted by atomic mass is 32.1. The number of thiophene rings is 1. The van der Waals surface area contributed by atoms with Crippen molar-refractivity contribution in [2.24, 2.45) is 5.92 Å². The zero-order chi connectivity index (χ0) is 13.7. The van der Waals surface area contributed by atoms with Crippen molar-refractivity contribution >= 4 is 23.2 Å². The minimum absolute atomic E-state index is 0.0899. The lowest BCUT2D eigenvalue weighted by molar-refractivity contribution is -0.137. The third-order valence-corrected chi connectivity index (χ3v) is 4.08. The van der Waals surface area contributed by atoms with Crippen molar-refractivity contribution in [2.45, 2.75) is 25.3 Å². The van der Waals surface area contributed by atoms with E-state index in [9.17, 15) is 9.59 Å². The maximum atomic E-state index is 11.9. The largest absolute Gasteiger partial charge is 0.481 e. The molecule has 5 nitrogen and oxygen atoms in total. The third-order valence-electron chi connectivity index (χ3n) is 3.10. The molecule has 0 bridgehead atoms. The van der Waals surface area contributed by atoms with E-state index in [-0.39, 0.29) is 18.2 Å². The summed E-state index contributed by atoms with van der Waals surface area (Å²) in [5.41, 5.74) is 0. The van der Waals surface area contributed by atoms with E-state index < -0.39 is 12.0 Å². The average molecular weight is 283 g/mol. The van der Waals surface area contributed by atoms with Crippen molar-refractivity contribution in [1.82, 2.24) is 5.32 Å². The van der Waals surface area contributed by atoms with Crippen LogP contribution in [0.4, 0.5) is 0 Å². The van der Waals surface area contributed by atoms with E-state index in [0.29, 0.717) is 19.6 Å². The van der Waals surface area contributed by atoms with Gasteiger partial charge in [-0.1, -0.05) is 6.07 Å². The maximum absolute atomic E-state index is 11.9. The molecule has 1 aliphatic rings. The second-order valence-corrected chi connectivity index (χ2v) is 5.65. The van der Waals surface area contributed by atoms with Crippen LogP contribution in [-0.2, 0) is 14.3 Å². The first kappa shape index (κ1) is 14.0. The van der Waals surface area contributed by atoms with Gasteiger partial charge in [0.25, 0.3) is 0 Å². The van der Waals surface area contributed by atoms with Crippen LogP contribution in [0.15, 0.2) is 17.5 Å². The predicted molar refractivity (Wildman–Crippen MR) is 71.0 cm³/mol. The highest BCUT2D eigenvalue weighted by Crippen LogP contribution is 2.23. The Balaban J connectivity index is 1.91. The number of rotatable bonds is 6. The van der Waals surface area contributed by atoms with Gasteiger partial charge in [-0.25, -0.2) is 0 Å². The van der Waals surface area contributed by atoms with Gasteiger partial charge in [-0.2, -0.15) is 0 Å². The number of hydrogen-bond acceptors (Lipinski definition) is 4. The van der Waals surface area contributed by atoms with Crippen LogP contribution in [0, 0.1) is 5.92 Å². The Kier molecular flexibility index (Phi) is 4.93. The summed E-state index contributed by atoms with van der Waals surface area (Å²) in [6.45, 7) is 1.33. The quantitative estimate of drug-likeness (QED) is 0.835. The van der Waals surface area contributed by atoms with E-state index in [1.807, 2.05) is 17.5 Å². The van der Waals surface area contributed by atoms with Crippen LogP contribution in [0.25, 0.3) is 0 Å². The van der Waals surface area contributed by atoms with Crippen molar-refractivity contribution in [3.63, 3.8) is 0 Å². The van der Waals surface area contributed by atoms with Crippen molar-refractivity contribution in [1.29, 1.82) is 0 Å². The van der Waals surface area contributed by atoms with Gasteiger partial charge in [-0.3, -0.25) is 9.59 Å². The molecule has 19 heavy (non-hydrogen) atoms. The molecule has 1 fully saturated rings. The number of carbonyl (C=O) groups is 2. The molecule has 0 unspecified atom stereocenters. The first-order valence-electron chi connectivity index (χ1n) is 6.27. The Labute approximate surface area is 115 Å². The molecule has 0 aliphatic carbocycles. The normalized spacial score (nSPS) is 20.1. The van der Waals surface area contributed by atoms with E-state index in [0.717, 1.165) is 11.3 Å². The molecule has 1 amide bonds. The summed E-state index contributed by atoms with van der Waals surface area (Å²) in [4.78, 5) is 23.7. The lowest BCUT2D eigenvalue weighted by Crippen LogP contribution is -2.31. The molecule has 6 heteroatoms. The summed E-state index contributed by atoms with van der Waals surface area (Å²) in [5.74, 6) is -0.758. The SMILES string of the molecule is O=C(O)C[C@@H](NC(=O)C[C@@H]1CCOC1)c1cccs1. The Bertz CT molecular complexity index is 426. The minimum atomic E-state index is -0.914. The molecular formula is C13H17NO4S. The van der Waals surface area contributed by atoms with Crippen molar-refractivity contribution < 1.29 is 19.4 Å². The Morgan fingerprint density at radius 1 is 1.58 bits per heavy atom. The Hall–Kier alpha value is -1.40. The summed E-state index contributed by atoms with van der Waals surface area (Å²) in [6.07, 6.45) is 1.21. The fourth-order valence-corrected chi connectivity index (χ4v) is 2.92. The monoisotopic (exact) mass is 283 g/mol. The molecular weight excluding hydrogens is 266 g/mol. The van der Waals surface area contributed by atoms with Crippen molar-refractivity contribution in [3.8, 4) is 0 Å². The van der Waals surface area contributed by atoms with E-state index in [1.165, 1.54) is 11.3 Å². The van der Waals surface area contributed by atoms with Crippen molar-refractivity contribution in [3.05, 3.63) is 22.4 Å². The molecule has 0 spiro atoms. The Morgan fingerprint density at radius 2 is 2.42 bits per heavy atom. The molecule has 1 aromatic heterocycles. The van der Waals surface area contributed by atoms with Crippen LogP contribution in [0.3, 0.4) is 0 Å². The topological polar surface area (TPSA) is 75.6 Å². The smallest absolute Gasteiger partial charge is 0.305 e. The highest BCUT2D eigenvalue weighted by molar-refractivity contribution is 7.10. The van der Waals surface area contributed by atoms with Crippen molar-refractivity contribution in [2.75, 3.05) is 13.2 Å². The summed E-state index contributed by atoms with van der Waals surface area (Å²) in [5, 5.41) is 13.6. The number of ether oxygens (including phenoxy) is 1. The van der Waals surface area contributed by atoms with E-state index in [1.54, 1.807) is 0 Å². The van der Waals surface area contributed by atoms with Gasteiger partial charge >= 0.3 is 5.97 Å². The lowest BCUT2D eigenvalue weighted by atomic mass is 10.0. The van der Waals surface area contributed by atoms with Gasteiger partial charge in [0.2, 0.25) is 5.91 Å². The lowest BCUT2D eigenvalue weighted by Gasteiger charge is -2.16. The van der Waals surface area contributed by atoms with Gasteiger partial charge in [-0.15, -0.1) is 11.3 Å². The molecule has 0 radical (unpaired) electrons. The molecule has 2 atom stereocenters. The third kappa shape index (κ3) is 4.33. The maximum Gasteiger partial charge on any atom is 0.305 e. The van der Waals surface area contributed by atoms with Gasteiger partial charge in [0.15, 0.2) is 0 Å². The molecule has 104 valence electrons. The molecule has 0 aromatic carbocycles. The first-order chi connectivity index (χ1) is 9.15. The van der Waals surface area contributed by atoms with Gasteiger partial charge < -0.3 is 15.2 Å². The average Bonchev–Trinajstić information content (AvgIpc) is 2.99. The number of aliphatic carboxylic acids is 1. The second-order valence-electron chi connectivity index (χ2n) is 4.67. The van der Waals surface area contributed by atoms with Crippen LogP contribution >= 0.6 is 11.3 Å². The molecule has 1 saturated heterocycles. The molecule has 2 heterocycles. The summed E-state index contributed by atoms with van der Waals surface area (Å²) < 4.78 is 5.23. The van der Waals surface area contributed by atoms with Crippen LogP contribution in [-0.4, -0.2) is 30.2 Å². The minimum Gasteiger partial charge on any atom is -0.481 e. The highest BCUT2D eigenvalue weighted by Gasteiger charge is 2.23. The van der Waals surface area contributed by atoms with E-state index >= 15 is 0 Å². The fourth-order valence-electron chi connectivity index (χ4n) is 2.15. The van der Waals surface area contributed by atoms with Gasteiger partial charge in [0.1, 0.15) is 0 Å². The van der Waals surface area contributed by atoms with Gasteiger partial charge in [-0.05, 0) is 23.8 Å². The predicted octanol–water partition coefficient (Wildman–Crippen LogP) is 1.81. The molecule has 2 N–H and O–H groups in total. The fraction of sp³-hybridized carbons (Fsp3) is 0.538. The number of carboxylic acids is 1. The van der Waals surface area contributed by atoms with E-state index in [2.05, 4.69) is 5.32 Å². The first-order valence-corrected chi connectivity index (χ1v) is 7.15. The number of nitrogens with one attached hydrogen (secondary N) is 1. The molecule has 1 aromatic rings. The number of carboxylic acid groups (broad SMARTS) is 1. The number of amides is 1. The number of hydrogen-bond donors (Lipinski definition) is 2. The molecule has 1 aliphatic heterocycles. The van der Waals surface area contributed by atoms with Crippen LogP contribution in [0.1, 0.15) is 30.2 Å². The van der Waals surface area contributed by atoms with E-state index in [4.69, 9.17) is 9.84 Å². The zero-order valence-corrected chi connectivity index (χ0v) is 11.3.